The van der Waals surface area contributed by atoms with Crippen molar-refractivity contribution in [1.82, 2.24) is 0 Å². The molecule has 0 radical (unpaired) electrons. The second-order valence-electron chi connectivity index (χ2n) is 15.1. The normalized spacial score (nSPS) is 17.4. The van der Waals surface area contributed by atoms with Crippen LogP contribution >= 0.6 is 11.3 Å². The van der Waals surface area contributed by atoms with Gasteiger partial charge in [-0.25, -0.2) is 0 Å². The van der Waals surface area contributed by atoms with E-state index in [4.69, 9.17) is 4.74 Å². The summed E-state index contributed by atoms with van der Waals surface area (Å²) in [6.45, 7) is 18.9. The van der Waals surface area contributed by atoms with Crippen LogP contribution in [0.4, 0.5) is 17.1 Å². The Morgan fingerprint density at radius 3 is 2.38 bits per heavy atom. The lowest BCUT2D eigenvalue weighted by Crippen LogP contribution is -2.58. The molecule has 3 aliphatic rings. The maximum atomic E-state index is 6.65. The Bertz CT molecular complexity index is 1960. The average Bonchev–Trinajstić information content (AvgIpc) is 3.38. The number of ether oxygens (including phenoxy) is 1. The van der Waals surface area contributed by atoms with Crippen molar-refractivity contribution in [3.8, 4) is 11.5 Å². The van der Waals surface area contributed by atoms with Gasteiger partial charge in [0.2, 0.25) is 0 Å². The van der Waals surface area contributed by atoms with Gasteiger partial charge in [-0.15, -0.1) is 11.3 Å². The van der Waals surface area contributed by atoms with Crippen LogP contribution in [0, 0.1) is 6.92 Å². The van der Waals surface area contributed by atoms with Crippen molar-refractivity contribution < 1.29 is 4.74 Å². The van der Waals surface area contributed by atoms with Crippen LogP contribution in [0.15, 0.2) is 72.8 Å². The molecule has 3 heterocycles. The fourth-order valence-corrected chi connectivity index (χ4v) is 9.46. The largest absolute Gasteiger partial charge is 0.458 e. The second-order valence-corrected chi connectivity index (χ2v) is 16.1. The third-order valence-electron chi connectivity index (χ3n) is 9.89. The topological polar surface area (TPSA) is 12.5 Å². The zero-order valence-corrected chi connectivity index (χ0v) is 26.8. The molecule has 4 aromatic carbocycles. The summed E-state index contributed by atoms with van der Waals surface area (Å²) in [5.41, 5.74) is 12.3. The van der Waals surface area contributed by atoms with Gasteiger partial charge in [-0.3, -0.25) is 0 Å². The summed E-state index contributed by atoms with van der Waals surface area (Å²) < 4.78 is 9.40. The highest BCUT2D eigenvalue weighted by atomic mass is 32.1. The van der Waals surface area contributed by atoms with Gasteiger partial charge in [-0.1, -0.05) is 78.8 Å². The Hall–Kier alpha value is -3.50. The molecule has 2 nitrogen and oxygen atoms in total. The molecule has 5 aromatic rings. The standard InChI is InChI=1S/C38H38BNOS/c1-22-17-29-33-31(18-22)41-30-12-10-9-11-28(30)39(33)35-34(25-19-23(36(2,3)4)13-16-32(25)42-35)40(29)24-14-15-26-27(20-24)38(7,8)21-37(26,5)6/h9-20H,21H2,1-8H3. The van der Waals surface area contributed by atoms with Gasteiger partial charge in [0, 0.05) is 26.2 Å². The van der Waals surface area contributed by atoms with Gasteiger partial charge in [0.05, 0.1) is 5.69 Å². The molecule has 0 N–H and O–H groups in total. The molecule has 0 saturated carbocycles. The number of anilines is 3. The molecule has 4 heteroatoms. The van der Waals surface area contributed by atoms with Crippen molar-refractivity contribution >= 4 is 60.9 Å². The van der Waals surface area contributed by atoms with Gasteiger partial charge in [0.1, 0.15) is 11.5 Å². The predicted molar refractivity (Wildman–Crippen MR) is 182 cm³/mol. The van der Waals surface area contributed by atoms with Crippen LogP contribution in [0.2, 0.25) is 0 Å². The van der Waals surface area contributed by atoms with Crippen LogP contribution < -0.4 is 25.3 Å². The molecule has 0 fully saturated rings. The first-order chi connectivity index (χ1) is 19.8. The molecule has 0 saturated heterocycles. The van der Waals surface area contributed by atoms with E-state index in [0.29, 0.717) is 0 Å². The molecular weight excluding hydrogens is 529 g/mol. The van der Waals surface area contributed by atoms with Gasteiger partial charge in [-0.2, -0.15) is 0 Å². The van der Waals surface area contributed by atoms with Crippen LogP contribution in [-0.2, 0) is 16.2 Å². The van der Waals surface area contributed by atoms with E-state index in [1.54, 1.807) is 0 Å². The molecule has 0 unspecified atom stereocenters. The van der Waals surface area contributed by atoms with Crippen LogP contribution in [0.1, 0.15) is 77.1 Å². The quantitative estimate of drug-likeness (QED) is 0.184. The number of nitrogens with zero attached hydrogens (tertiary/aromatic N) is 1. The summed E-state index contributed by atoms with van der Waals surface area (Å²) in [6, 6.07) is 27.7. The van der Waals surface area contributed by atoms with E-state index in [1.807, 2.05) is 11.3 Å². The Morgan fingerprint density at radius 1 is 0.833 bits per heavy atom. The average molecular weight is 568 g/mol. The van der Waals surface area contributed by atoms with Crippen molar-refractivity contribution in [3.63, 3.8) is 0 Å². The first-order valence-corrected chi connectivity index (χ1v) is 16.1. The van der Waals surface area contributed by atoms with E-state index < -0.39 is 0 Å². The summed E-state index contributed by atoms with van der Waals surface area (Å²) in [6.07, 6.45) is 1.16. The monoisotopic (exact) mass is 567 g/mol. The Labute approximate surface area is 254 Å². The fraction of sp³-hybridized carbons (Fsp3) is 0.316. The van der Waals surface area contributed by atoms with Gasteiger partial charge in [0.15, 0.2) is 0 Å². The maximum absolute atomic E-state index is 6.65. The Kier molecular flexibility index (Phi) is 5.18. The SMILES string of the molecule is Cc1cc2c3c(c1)N(c1ccc4c(c1)C(C)(C)CC4(C)C)c1c(sc4ccc(C(C)(C)C)cc14)B3c1ccccc1O2. The van der Waals surface area contributed by atoms with Crippen molar-refractivity contribution in [2.45, 2.75) is 78.1 Å². The smallest absolute Gasteiger partial charge is 0.268 e. The van der Waals surface area contributed by atoms with E-state index in [2.05, 4.69) is 133 Å². The molecule has 2 aliphatic heterocycles. The number of aryl methyl sites for hydroxylation is 1. The second kappa shape index (κ2) is 8.32. The number of hydrogen-bond donors (Lipinski definition) is 0. The lowest BCUT2D eigenvalue weighted by atomic mass is 9.37. The highest BCUT2D eigenvalue weighted by molar-refractivity contribution is 7.33. The van der Waals surface area contributed by atoms with Gasteiger partial charge < -0.3 is 9.64 Å². The molecule has 1 aliphatic carbocycles. The lowest BCUT2D eigenvalue weighted by Gasteiger charge is -2.39. The van der Waals surface area contributed by atoms with Crippen molar-refractivity contribution in [1.29, 1.82) is 0 Å². The zero-order chi connectivity index (χ0) is 29.3. The summed E-state index contributed by atoms with van der Waals surface area (Å²) in [5, 5.41) is 1.35. The molecule has 0 bridgehead atoms. The van der Waals surface area contributed by atoms with Gasteiger partial charge in [-0.05, 0) is 105 Å². The first-order valence-electron chi connectivity index (χ1n) is 15.3. The molecule has 0 amide bonds. The minimum atomic E-state index is 0.0681. The first kappa shape index (κ1) is 26.2. The van der Waals surface area contributed by atoms with E-state index >= 15 is 0 Å². The zero-order valence-electron chi connectivity index (χ0n) is 26.0. The molecule has 8 rings (SSSR count). The van der Waals surface area contributed by atoms with Crippen LogP contribution in [0.5, 0.6) is 11.5 Å². The fourth-order valence-electron chi connectivity index (χ4n) is 8.17. The summed E-state index contributed by atoms with van der Waals surface area (Å²) in [4.78, 5) is 2.57. The van der Waals surface area contributed by atoms with Crippen molar-refractivity contribution in [2.75, 3.05) is 4.90 Å². The number of para-hydroxylation sites is 1. The highest BCUT2D eigenvalue weighted by Gasteiger charge is 2.46. The maximum Gasteiger partial charge on any atom is 0.268 e. The van der Waals surface area contributed by atoms with Crippen molar-refractivity contribution in [3.05, 3.63) is 95.1 Å². The van der Waals surface area contributed by atoms with Crippen LogP contribution in [0.25, 0.3) is 10.1 Å². The Balaban J connectivity index is 1.48. The molecule has 0 atom stereocenters. The van der Waals surface area contributed by atoms with Crippen LogP contribution in [0.3, 0.4) is 0 Å². The van der Waals surface area contributed by atoms with Gasteiger partial charge >= 0.3 is 0 Å². The van der Waals surface area contributed by atoms with E-state index in [-0.39, 0.29) is 23.0 Å². The molecule has 1 aromatic heterocycles. The number of fused-ring (bicyclic) bond motifs is 7. The summed E-state index contributed by atoms with van der Waals surface area (Å²) in [7, 11) is 0. The Morgan fingerprint density at radius 2 is 1.60 bits per heavy atom. The third-order valence-corrected chi connectivity index (χ3v) is 11.1. The highest BCUT2D eigenvalue weighted by Crippen LogP contribution is 2.52. The summed E-state index contributed by atoms with van der Waals surface area (Å²) >= 11 is 1.95. The van der Waals surface area contributed by atoms with E-state index in [9.17, 15) is 0 Å². The number of hydrogen-bond acceptors (Lipinski definition) is 3. The lowest BCUT2D eigenvalue weighted by molar-refractivity contribution is 0.403. The minimum Gasteiger partial charge on any atom is -0.458 e. The molecule has 42 heavy (non-hydrogen) atoms. The third kappa shape index (κ3) is 3.57. The van der Waals surface area contributed by atoms with Crippen LogP contribution in [-0.4, -0.2) is 6.71 Å². The molecule has 210 valence electrons. The minimum absolute atomic E-state index is 0.0681. The number of rotatable bonds is 1. The van der Waals surface area contributed by atoms with E-state index in [1.165, 1.54) is 65.1 Å². The number of thiophene rings is 1. The predicted octanol–water partition coefficient (Wildman–Crippen LogP) is 8.87. The van der Waals surface area contributed by atoms with E-state index in [0.717, 1.165) is 17.9 Å². The number of benzene rings is 4. The van der Waals surface area contributed by atoms with Crippen molar-refractivity contribution in [2.24, 2.45) is 0 Å². The molecule has 0 spiro atoms. The summed E-state index contributed by atoms with van der Waals surface area (Å²) in [5.74, 6) is 1.96. The van der Waals surface area contributed by atoms with Gasteiger partial charge in [0.25, 0.3) is 6.71 Å². The molecular formula is C38H38BNOS.